The lowest BCUT2D eigenvalue weighted by Gasteiger charge is -2.29. The molecule has 12 N–H and O–H groups in total. The van der Waals surface area contributed by atoms with Gasteiger partial charge in [-0.2, -0.15) is 0 Å². The molecule has 6 aromatic carbocycles. The summed E-state index contributed by atoms with van der Waals surface area (Å²) in [5.41, 5.74) is 5.43. The first-order chi connectivity index (χ1) is 27.6. The van der Waals surface area contributed by atoms with Crippen LogP contribution in [0.2, 0.25) is 0 Å². The fraction of sp³-hybridized carbons (Fsp3) is 0.217. The fourth-order valence-electron chi connectivity index (χ4n) is 7.47. The number of phenols is 12. The minimum Gasteiger partial charge on any atom is -0.508 e. The third kappa shape index (κ3) is 9.65. The smallest absolute Gasteiger partial charge is 0.200 e. The van der Waals surface area contributed by atoms with Crippen LogP contribution in [0.5, 0.6) is 69.0 Å². The van der Waals surface area contributed by atoms with Gasteiger partial charge in [-0.1, -0.05) is 36.4 Å². The second kappa shape index (κ2) is 17.4. The largest absolute Gasteiger partial charge is 0.508 e. The third-order valence-corrected chi connectivity index (χ3v) is 10.7. The average Bonchev–Trinajstić information content (AvgIpc) is 3.18. The van der Waals surface area contributed by atoms with Crippen LogP contribution in [0.25, 0.3) is 0 Å². The van der Waals surface area contributed by atoms with Gasteiger partial charge in [-0.15, -0.1) is 0 Å². The van der Waals surface area contributed by atoms with Crippen LogP contribution in [-0.4, -0.2) is 61.3 Å². The van der Waals surface area contributed by atoms with E-state index in [1.807, 2.05) is 12.1 Å². The average molecular weight is 791 g/mol. The van der Waals surface area contributed by atoms with E-state index < -0.39 is 34.5 Å². The predicted molar refractivity (Wildman–Crippen MR) is 215 cm³/mol. The van der Waals surface area contributed by atoms with Crippen LogP contribution in [0, 0.1) is 5.92 Å². The highest BCUT2D eigenvalue weighted by Gasteiger charge is 2.26. The highest BCUT2D eigenvalue weighted by Crippen LogP contribution is 2.41. The van der Waals surface area contributed by atoms with Gasteiger partial charge >= 0.3 is 0 Å². The number of rotatable bonds is 15. The Morgan fingerprint density at radius 1 is 0.310 bits per heavy atom. The molecule has 0 bridgehead atoms. The molecule has 302 valence electrons. The Morgan fingerprint density at radius 2 is 0.724 bits per heavy atom. The first-order valence-electron chi connectivity index (χ1n) is 18.8. The van der Waals surface area contributed by atoms with E-state index in [0.29, 0.717) is 79.2 Å². The number of hydrogen-bond acceptors (Lipinski definition) is 12. The summed E-state index contributed by atoms with van der Waals surface area (Å²) in [6.45, 7) is 0. The monoisotopic (exact) mass is 790 g/mol. The molecular weight excluding hydrogens is 744 g/mol. The number of benzene rings is 6. The van der Waals surface area contributed by atoms with Crippen molar-refractivity contribution in [3.63, 3.8) is 0 Å². The van der Waals surface area contributed by atoms with E-state index in [-0.39, 0.29) is 46.3 Å². The topological polar surface area (TPSA) is 243 Å². The zero-order valence-corrected chi connectivity index (χ0v) is 31.4. The van der Waals surface area contributed by atoms with Gasteiger partial charge in [-0.05, 0) is 168 Å². The quantitative estimate of drug-likeness (QED) is 0.0452. The molecular formula is C46H46O12. The molecule has 0 saturated carbocycles. The van der Waals surface area contributed by atoms with E-state index >= 15 is 0 Å². The van der Waals surface area contributed by atoms with E-state index in [0.717, 1.165) is 16.7 Å². The van der Waals surface area contributed by atoms with Crippen molar-refractivity contribution < 1.29 is 61.3 Å². The standard InChI is InChI=1S/C46H46O12/c47-35-13-6-25(17-39(35)51)1-11-32(15-26-2-7-30(37(49)18-26)9-4-28-20-41(53)45(57)42(54)21-28)34(33-12-14-36(48)40(52)24-33)16-27-3-8-31(38(50)19-27)10-5-29-22-43(55)46(58)44(56)23-29/h2-3,6-8,12-14,17-24,32,34,47-58H,1,4-5,9-11,15-16H2/t32-,34-/m1/s1. The maximum absolute atomic E-state index is 11.2. The SMILES string of the molecule is Oc1ccc(CC[C@H](Cc2ccc(CCc3cc(O)c(O)c(O)c3)c(O)c2)[C@@H](Cc2ccc(CCc3cc(O)c(O)c(O)c3)c(O)c2)c2ccc(O)c(O)c2)cc1O. The predicted octanol–water partition coefficient (Wildman–Crippen LogP) is 7.54. The van der Waals surface area contributed by atoms with Gasteiger partial charge in [-0.3, -0.25) is 0 Å². The van der Waals surface area contributed by atoms with Gasteiger partial charge in [0.2, 0.25) is 0 Å². The van der Waals surface area contributed by atoms with Gasteiger partial charge in [0, 0.05) is 0 Å². The van der Waals surface area contributed by atoms with Crippen LogP contribution in [0.1, 0.15) is 56.8 Å². The molecule has 0 spiro atoms. The molecule has 6 aromatic rings. The second-order valence-corrected chi connectivity index (χ2v) is 14.8. The number of aryl methyl sites for hydroxylation is 5. The van der Waals surface area contributed by atoms with Crippen molar-refractivity contribution >= 4 is 0 Å². The van der Waals surface area contributed by atoms with Crippen LogP contribution in [0.15, 0.2) is 97.1 Å². The molecule has 6 rings (SSSR count). The molecule has 0 amide bonds. The lowest BCUT2D eigenvalue weighted by molar-refractivity contribution is 0.367. The summed E-state index contributed by atoms with van der Waals surface area (Å²) in [5, 5.41) is 122. The molecule has 2 atom stereocenters. The zero-order valence-electron chi connectivity index (χ0n) is 31.4. The Kier molecular flexibility index (Phi) is 12.2. The Bertz CT molecular complexity index is 2380. The molecule has 12 heteroatoms. The van der Waals surface area contributed by atoms with Crippen molar-refractivity contribution in [2.75, 3.05) is 0 Å². The first kappa shape index (κ1) is 40.6. The maximum Gasteiger partial charge on any atom is 0.200 e. The third-order valence-electron chi connectivity index (χ3n) is 10.7. The normalized spacial score (nSPS) is 12.3. The molecule has 0 unspecified atom stereocenters. The molecule has 0 aliphatic rings. The van der Waals surface area contributed by atoms with Crippen molar-refractivity contribution in [2.24, 2.45) is 5.92 Å². The lowest BCUT2D eigenvalue weighted by atomic mass is 9.75. The first-order valence-corrected chi connectivity index (χ1v) is 18.8. The van der Waals surface area contributed by atoms with Gasteiger partial charge < -0.3 is 61.3 Å². The molecule has 0 aliphatic heterocycles. The van der Waals surface area contributed by atoms with Gasteiger partial charge in [0.1, 0.15) is 11.5 Å². The second-order valence-electron chi connectivity index (χ2n) is 14.8. The van der Waals surface area contributed by atoms with Gasteiger partial charge in [0.15, 0.2) is 57.5 Å². The maximum atomic E-state index is 11.2. The minimum atomic E-state index is -0.604. The van der Waals surface area contributed by atoms with Crippen LogP contribution in [0.3, 0.4) is 0 Å². The number of aromatic hydroxyl groups is 12. The van der Waals surface area contributed by atoms with Crippen molar-refractivity contribution in [1.82, 2.24) is 0 Å². The Balaban J connectivity index is 1.29. The van der Waals surface area contributed by atoms with Crippen molar-refractivity contribution in [2.45, 2.75) is 57.3 Å². The lowest BCUT2D eigenvalue weighted by Crippen LogP contribution is -2.19. The summed E-state index contributed by atoms with van der Waals surface area (Å²) >= 11 is 0. The summed E-state index contributed by atoms with van der Waals surface area (Å²) in [6.07, 6.45) is 3.32. The Hall–Kier alpha value is -7.08. The highest BCUT2D eigenvalue weighted by atomic mass is 16.3. The molecule has 0 aromatic heterocycles. The van der Waals surface area contributed by atoms with Crippen LogP contribution < -0.4 is 0 Å². The highest BCUT2D eigenvalue weighted by molar-refractivity contribution is 5.53. The van der Waals surface area contributed by atoms with Crippen molar-refractivity contribution in [3.05, 3.63) is 142 Å². The van der Waals surface area contributed by atoms with E-state index in [1.54, 1.807) is 36.4 Å². The van der Waals surface area contributed by atoms with Gasteiger partial charge in [0.05, 0.1) is 0 Å². The molecule has 58 heavy (non-hydrogen) atoms. The fourth-order valence-corrected chi connectivity index (χ4v) is 7.47. The minimum absolute atomic E-state index is 0.0337. The molecule has 0 saturated heterocycles. The Morgan fingerprint density at radius 3 is 1.19 bits per heavy atom. The number of phenolic OH excluding ortho intramolecular Hbond substituents is 12. The van der Waals surface area contributed by atoms with Crippen LogP contribution in [0.4, 0.5) is 0 Å². The van der Waals surface area contributed by atoms with E-state index in [4.69, 9.17) is 0 Å². The summed E-state index contributed by atoms with van der Waals surface area (Å²) in [4.78, 5) is 0. The van der Waals surface area contributed by atoms with Crippen molar-refractivity contribution in [1.29, 1.82) is 0 Å². The van der Waals surface area contributed by atoms with E-state index in [9.17, 15) is 61.3 Å². The molecule has 12 nitrogen and oxygen atoms in total. The van der Waals surface area contributed by atoms with Gasteiger partial charge in [-0.25, -0.2) is 0 Å². The van der Waals surface area contributed by atoms with Crippen LogP contribution in [-0.2, 0) is 44.9 Å². The summed E-state index contributed by atoms with van der Waals surface area (Å²) in [5.74, 6) is -4.49. The van der Waals surface area contributed by atoms with Crippen LogP contribution >= 0.6 is 0 Å². The summed E-state index contributed by atoms with van der Waals surface area (Å²) in [6, 6.07) is 25.4. The zero-order chi connectivity index (χ0) is 41.7. The molecule has 0 radical (unpaired) electrons. The van der Waals surface area contributed by atoms with Crippen molar-refractivity contribution in [3.8, 4) is 69.0 Å². The number of hydrogen-bond donors (Lipinski definition) is 12. The molecule has 0 fully saturated rings. The summed E-state index contributed by atoms with van der Waals surface area (Å²) < 4.78 is 0. The Labute approximate surface area is 334 Å². The summed E-state index contributed by atoms with van der Waals surface area (Å²) in [7, 11) is 0. The molecule has 0 heterocycles. The van der Waals surface area contributed by atoms with E-state index in [1.165, 1.54) is 48.5 Å². The van der Waals surface area contributed by atoms with E-state index in [2.05, 4.69) is 0 Å². The molecule has 0 aliphatic carbocycles. The van der Waals surface area contributed by atoms with Gasteiger partial charge in [0.25, 0.3) is 0 Å².